The number of ether oxygens (including phenoxy) is 2. The number of aromatic nitrogens is 1. The summed E-state index contributed by atoms with van der Waals surface area (Å²) < 4.78 is 9.63. The lowest BCUT2D eigenvalue weighted by molar-refractivity contribution is -0.117. The molecule has 164 valence electrons. The van der Waals surface area contributed by atoms with E-state index < -0.39 is 5.97 Å². The van der Waals surface area contributed by atoms with E-state index in [4.69, 9.17) is 4.74 Å². The van der Waals surface area contributed by atoms with Gasteiger partial charge in [0.2, 0.25) is 5.91 Å². The Bertz CT molecular complexity index is 907. The van der Waals surface area contributed by atoms with E-state index in [0.717, 1.165) is 32.0 Å². The van der Waals surface area contributed by atoms with Crippen LogP contribution in [0.4, 0.5) is 11.5 Å². The highest BCUT2D eigenvalue weighted by Gasteiger charge is 2.20. The second-order valence-corrected chi connectivity index (χ2v) is 7.01. The summed E-state index contributed by atoms with van der Waals surface area (Å²) in [6.07, 6.45) is 1.53. The predicted molar refractivity (Wildman–Crippen MR) is 115 cm³/mol. The first-order chi connectivity index (χ1) is 15.0. The minimum absolute atomic E-state index is 0.115. The van der Waals surface area contributed by atoms with Gasteiger partial charge >= 0.3 is 11.9 Å². The fourth-order valence-corrected chi connectivity index (χ4v) is 3.25. The number of carbonyl (C=O) groups is 3. The van der Waals surface area contributed by atoms with Crippen molar-refractivity contribution in [3.8, 4) is 0 Å². The monoisotopic (exact) mass is 426 g/mol. The molecule has 2 heterocycles. The van der Waals surface area contributed by atoms with Gasteiger partial charge in [0.1, 0.15) is 5.82 Å². The quantitative estimate of drug-likeness (QED) is 0.669. The van der Waals surface area contributed by atoms with Crippen molar-refractivity contribution in [3.63, 3.8) is 0 Å². The number of rotatable bonds is 7. The van der Waals surface area contributed by atoms with Crippen molar-refractivity contribution in [3.05, 3.63) is 53.7 Å². The van der Waals surface area contributed by atoms with Crippen molar-refractivity contribution < 1.29 is 23.9 Å². The number of pyridine rings is 1. The third-order valence-electron chi connectivity index (χ3n) is 4.91. The summed E-state index contributed by atoms with van der Waals surface area (Å²) in [7, 11) is 1.33. The number of anilines is 2. The molecular weight excluding hydrogens is 400 g/mol. The molecular formula is C22H26N4O5. The predicted octanol–water partition coefficient (Wildman–Crippen LogP) is 1.81. The first-order valence-corrected chi connectivity index (χ1v) is 10.1. The van der Waals surface area contributed by atoms with E-state index in [9.17, 15) is 14.4 Å². The molecule has 0 aliphatic carbocycles. The van der Waals surface area contributed by atoms with Gasteiger partial charge in [0.05, 0.1) is 31.4 Å². The topological polar surface area (TPSA) is 101 Å². The molecule has 1 saturated heterocycles. The summed E-state index contributed by atoms with van der Waals surface area (Å²) in [5.74, 6) is -0.114. The Kier molecular flexibility index (Phi) is 7.55. The molecule has 31 heavy (non-hydrogen) atoms. The fourth-order valence-electron chi connectivity index (χ4n) is 3.25. The molecule has 1 N–H and O–H groups in total. The highest BCUT2D eigenvalue weighted by Crippen LogP contribution is 2.15. The summed E-state index contributed by atoms with van der Waals surface area (Å²) in [5.41, 5.74) is 1.49. The van der Waals surface area contributed by atoms with Crippen LogP contribution in [0.5, 0.6) is 0 Å². The van der Waals surface area contributed by atoms with Gasteiger partial charge in [0, 0.05) is 38.1 Å². The molecule has 9 nitrogen and oxygen atoms in total. The number of esters is 2. The third-order valence-corrected chi connectivity index (χ3v) is 4.91. The van der Waals surface area contributed by atoms with Gasteiger partial charge in [-0.2, -0.15) is 0 Å². The Morgan fingerprint density at radius 1 is 0.968 bits per heavy atom. The molecule has 1 aliphatic heterocycles. The van der Waals surface area contributed by atoms with Crippen LogP contribution in [0.3, 0.4) is 0 Å². The van der Waals surface area contributed by atoms with Crippen LogP contribution in [0, 0.1) is 0 Å². The largest absolute Gasteiger partial charge is 0.465 e. The van der Waals surface area contributed by atoms with Crippen molar-refractivity contribution in [2.45, 2.75) is 6.92 Å². The van der Waals surface area contributed by atoms with Crippen LogP contribution in [0.2, 0.25) is 0 Å². The first-order valence-electron chi connectivity index (χ1n) is 10.1. The first kappa shape index (κ1) is 22.2. The molecule has 0 saturated carbocycles. The number of hydrogen-bond donors (Lipinski definition) is 1. The summed E-state index contributed by atoms with van der Waals surface area (Å²) >= 11 is 0. The van der Waals surface area contributed by atoms with Gasteiger partial charge in [-0.25, -0.2) is 14.6 Å². The Morgan fingerprint density at radius 3 is 2.23 bits per heavy atom. The highest BCUT2D eigenvalue weighted by molar-refractivity contribution is 5.94. The SMILES string of the molecule is CCOC(=O)c1ccc(N2CCN(CC(=O)Nc3ccc(C(=O)OC)cc3)CC2)nc1. The Hall–Kier alpha value is -3.46. The van der Waals surface area contributed by atoms with Gasteiger partial charge in [0.25, 0.3) is 0 Å². The minimum Gasteiger partial charge on any atom is -0.465 e. The summed E-state index contributed by atoms with van der Waals surface area (Å²) in [6.45, 7) is 5.27. The molecule has 0 bridgehead atoms. The molecule has 1 aliphatic rings. The number of hydrogen-bond acceptors (Lipinski definition) is 8. The Labute approximate surface area is 180 Å². The fraction of sp³-hybridized carbons (Fsp3) is 0.364. The number of methoxy groups -OCH3 is 1. The molecule has 1 amide bonds. The average molecular weight is 426 g/mol. The maximum absolute atomic E-state index is 12.3. The zero-order chi connectivity index (χ0) is 22.2. The second-order valence-electron chi connectivity index (χ2n) is 7.01. The lowest BCUT2D eigenvalue weighted by Gasteiger charge is -2.35. The van der Waals surface area contributed by atoms with Gasteiger partial charge in [-0.3, -0.25) is 9.69 Å². The molecule has 1 fully saturated rings. The van der Waals surface area contributed by atoms with Crippen molar-refractivity contribution in [2.75, 3.05) is 56.7 Å². The number of nitrogens with one attached hydrogen (secondary N) is 1. The molecule has 0 unspecified atom stereocenters. The normalized spacial score (nSPS) is 14.1. The zero-order valence-corrected chi connectivity index (χ0v) is 17.7. The number of carbonyl (C=O) groups excluding carboxylic acids is 3. The van der Waals surface area contributed by atoms with Crippen molar-refractivity contribution in [1.29, 1.82) is 0 Å². The smallest absolute Gasteiger partial charge is 0.339 e. The molecule has 9 heteroatoms. The van der Waals surface area contributed by atoms with E-state index in [1.54, 1.807) is 37.3 Å². The molecule has 0 radical (unpaired) electrons. The highest BCUT2D eigenvalue weighted by atomic mass is 16.5. The number of amides is 1. The minimum atomic E-state index is -0.416. The third kappa shape index (κ3) is 6.02. The maximum Gasteiger partial charge on any atom is 0.339 e. The van der Waals surface area contributed by atoms with Crippen LogP contribution in [-0.2, 0) is 14.3 Å². The molecule has 0 spiro atoms. The van der Waals surface area contributed by atoms with Gasteiger partial charge in [0.15, 0.2) is 0 Å². The van der Waals surface area contributed by atoms with Gasteiger partial charge in [-0.05, 0) is 43.3 Å². The number of nitrogens with zero attached hydrogens (tertiary/aromatic N) is 3. The Balaban J connectivity index is 1.46. The average Bonchev–Trinajstić information content (AvgIpc) is 2.80. The number of benzene rings is 1. The molecule has 1 aromatic heterocycles. The van der Waals surface area contributed by atoms with Crippen LogP contribution >= 0.6 is 0 Å². The summed E-state index contributed by atoms with van der Waals surface area (Å²) in [5, 5.41) is 2.84. The van der Waals surface area contributed by atoms with E-state index in [1.165, 1.54) is 13.3 Å². The van der Waals surface area contributed by atoms with E-state index in [2.05, 4.69) is 24.8 Å². The van der Waals surface area contributed by atoms with Crippen LogP contribution < -0.4 is 10.2 Å². The molecule has 3 rings (SSSR count). The van der Waals surface area contributed by atoms with Crippen LogP contribution in [0.1, 0.15) is 27.6 Å². The summed E-state index contributed by atoms with van der Waals surface area (Å²) in [6, 6.07) is 10.1. The van der Waals surface area contributed by atoms with Crippen LogP contribution in [0.25, 0.3) is 0 Å². The second kappa shape index (κ2) is 10.5. The van der Waals surface area contributed by atoms with Gasteiger partial charge in [-0.1, -0.05) is 0 Å². The van der Waals surface area contributed by atoms with Crippen molar-refractivity contribution in [2.24, 2.45) is 0 Å². The zero-order valence-electron chi connectivity index (χ0n) is 17.7. The Morgan fingerprint density at radius 2 is 1.65 bits per heavy atom. The van der Waals surface area contributed by atoms with Gasteiger partial charge < -0.3 is 19.7 Å². The van der Waals surface area contributed by atoms with E-state index in [0.29, 0.717) is 23.4 Å². The molecule has 1 aromatic carbocycles. The van der Waals surface area contributed by atoms with Crippen LogP contribution in [-0.4, -0.2) is 74.2 Å². The summed E-state index contributed by atoms with van der Waals surface area (Å²) in [4.78, 5) is 44.1. The maximum atomic E-state index is 12.3. The van der Waals surface area contributed by atoms with Crippen molar-refractivity contribution >= 4 is 29.4 Å². The number of piperazine rings is 1. The van der Waals surface area contributed by atoms with E-state index >= 15 is 0 Å². The van der Waals surface area contributed by atoms with Crippen LogP contribution in [0.15, 0.2) is 42.6 Å². The standard InChI is InChI=1S/C22H26N4O5/c1-3-31-22(29)17-6-9-19(23-14-17)26-12-10-25(11-13-26)15-20(27)24-18-7-4-16(5-8-18)21(28)30-2/h4-9,14H,3,10-13,15H2,1-2H3,(H,24,27). The van der Waals surface area contributed by atoms with Crippen molar-refractivity contribution in [1.82, 2.24) is 9.88 Å². The van der Waals surface area contributed by atoms with E-state index in [-0.39, 0.29) is 18.4 Å². The van der Waals surface area contributed by atoms with E-state index in [1.807, 2.05) is 6.07 Å². The lowest BCUT2D eigenvalue weighted by Crippen LogP contribution is -2.48. The van der Waals surface area contributed by atoms with Gasteiger partial charge in [-0.15, -0.1) is 0 Å². The lowest BCUT2D eigenvalue weighted by atomic mass is 10.2. The molecule has 2 aromatic rings. The molecule has 0 atom stereocenters.